The molecule has 1 aromatic rings. The van der Waals surface area contributed by atoms with Crippen LogP contribution in [0.25, 0.3) is 0 Å². The predicted molar refractivity (Wildman–Crippen MR) is 86.2 cm³/mol. The zero-order valence-electron chi connectivity index (χ0n) is 13.3. The Kier molecular flexibility index (Phi) is 6.40. The monoisotopic (exact) mass is 303 g/mol. The van der Waals surface area contributed by atoms with Crippen molar-refractivity contribution >= 4 is 11.8 Å². The maximum absolute atomic E-state index is 11.9. The van der Waals surface area contributed by atoms with Gasteiger partial charge in [0.25, 0.3) is 0 Å². The molecule has 0 spiro atoms. The van der Waals surface area contributed by atoms with Gasteiger partial charge in [-0.1, -0.05) is 30.3 Å². The molecule has 2 amide bonds. The summed E-state index contributed by atoms with van der Waals surface area (Å²) in [6, 6.07) is 10.1. The van der Waals surface area contributed by atoms with Crippen molar-refractivity contribution in [1.29, 1.82) is 0 Å². The van der Waals surface area contributed by atoms with E-state index < -0.39 is 0 Å². The van der Waals surface area contributed by atoms with Gasteiger partial charge in [0.2, 0.25) is 11.8 Å². The Balaban J connectivity index is 1.58. The van der Waals surface area contributed by atoms with Crippen LogP contribution < -0.4 is 5.32 Å². The molecule has 0 atom stereocenters. The Hall–Kier alpha value is -1.88. The van der Waals surface area contributed by atoms with Crippen molar-refractivity contribution in [2.24, 2.45) is 0 Å². The van der Waals surface area contributed by atoms with Gasteiger partial charge in [-0.15, -0.1) is 0 Å². The van der Waals surface area contributed by atoms with E-state index in [0.717, 1.165) is 32.5 Å². The maximum Gasteiger partial charge on any atom is 0.234 e. The van der Waals surface area contributed by atoms with E-state index in [9.17, 15) is 9.59 Å². The minimum atomic E-state index is 0.0335. The van der Waals surface area contributed by atoms with Gasteiger partial charge in [0.1, 0.15) is 0 Å². The second-order valence-electron chi connectivity index (χ2n) is 5.85. The summed E-state index contributed by atoms with van der Waals surface area (Å²) < 4.78 is 0. The molecule has 5 nitrogen and oxygen atoms in total. The Morgan fingerprint density at radius 2 is 2.09 bits per heavy atom. The van der Waals surface area contributed by atoms with Crippen LogP contribution in [0.3, 0.4) is 0 Å². The van der Waals surface area contributed by atoms with E-state index in [0.29, 0.717) is 19.5 Å². The highest BCUT2D eigenvalue weighted by molar-refractivity contribution is 5.78. The van der Waals surface area contributed by atoms with Gasteiger partial charge in [-0.05, 0) is 25.5 Å². The summed E-state index contributed by atoms with van der Waals surface area (Å²) in [6.45, 7) is 3.39. The first-order valence-corrected chi connectivity index (χ1v) is 7.92. The molecule has 0 bridgehead atoms. The van der Waals surface area contributed by atoms with Crippen molar-refractivity contribution in [3.8, 4) is 0 Å². The third-order valence-electron chi connectivity index (χ3n) is 3.81. The molecule has 1 heterocycles. The molecular weight excluding hydrogens is 278 g/mol. The van der Waals surface area contributed by atoms with Crippen molar-refractivity contribution in [3.05, 3.63) is 35.9 Å². The first-order valence-electron chi connectivity index (χ1n) is 7.92. The molecule has 0 unspecified atom stereocenters. The Labute approximate surface area is 132 Å². The van der Waals surface area contributed by atoms with Gasteiger partial charge in [0, 0.05) is 32.6 Å². The van der Waals surface area contributed by atoms with Crippen LogP contribution in [-0.2, 0) is 16.1 Å². The number of hydrogen-bond acceptors (Lipinski definition) is 3. The molecule has 1 aliphatic rings. The van der Waals surface area contributed by atoms with Gasteiger partial charge in [0.05, 0.1) is 6.54 Å². The smallest absolute Gasteiger partial charge is 0.234 e. The van der Waals surface area contributed by atoms with Crippen molar-refractivity contribution in [3.63, 3.8) is 0 Å². The second-order valence-corrected chi connectivity index (χ2v) is 5.85. The molecule has 0 aromatic heterocycles. The van der Waals surface area contributed by atoms with Crippen LogP contribution in [0.1, 0.15) is 24.8 Å². The summed E-state index contributed by atoms with van der Waals surface area (Å²) >= 11 is 0. The van der Waals surface area contributed by atoms with Gasteiger partial charge in [-0.25, -0.2) is 0 Å². The number of rotatable bonds is 8. The number of nitrogens with one attached hydrogen (secondary N) is 1. The van der Waals surface area contributed by atoms with Crippen LogP contribution >= 0.6 is 0 Å². The fraction of sp³-hybridized carbons (Fsp3) is 0.529. The SMILES string of the molecule is CN(CC(=O)NCCCN1CCCC1=O)Cc1ccccc1. The molecule has 0 aliphatic carbocycles. The minimum absolute atomic E-state index is 0.0335. The van der Waals surface area contributed by atoms with E-state index in [2.05, 4.69) is 17.4 Å². The predicted octanol–water partition coefficient (Wildman–Crippen LogP) is 1.25. The normalized spacial score (nSPS) is 14.6. The molecule has 2 rings (SSSR count). The lowest BCUT2D eigenvalue weighted by molar-refractivity contribution is -0.127. The Morgan fingerprint density at radius 1 is 1.32 bits per heavy atom. The fourth-order valence-corrected chi connectivity index (χ4v) is 2.69. The number of likely N-dealkylation sites (N-methyl/N-ethyl adjacent to an activating group) is 1. The standard InChI is InChI=1S/C17H25N3O2/c1-19(13-15-7-3-2-4-8-15)14-16(21)18-10-6-12-20-11-5-9-17(20)22/h2-4,7-8H,5-6,9-14H2,1H3,(H,18,21). The summed E-state index contributed by atoms with van der Waals surface area (Å²) in [4.78, 5) is 27.2. The number of likely N-dealkylation sites (tertiary alicyclic amines) is 1. The molecule has 120 valence electrons. The summed E-state index contributed by atoms with van der Waals surface area (Å²) in [5.41, 5.74) is 1.20. The largest absolute Gasteiger partial charge is 0.355 e. The quantitative estimate of drug-likeness (QED) is 0.735. The van der Waals surface area contributed by atoms with Gasteiger partial charge in [-0.3, -0.25) is 14.5 Å². The number of hydrogen-bond donors (Lipinski definition) is 1. The van der Waals surface area contributed by atoms with Crippen molar-refractivity contribution in [1.82, 2.24) is 15.1 Å². The lowest BCUT2D eigenvalue weighted by atomic mass is 10.2. The molecule has 5 heteroatoms. The third kappa shape index (κ3) is 5.48. The number of benzene rings is 1. The molecule has 1 saturated heterocycles. The van der Waals surface area contributed by atoms with Crippen LogP contribution in [0.2, 0.25) is 0 Å². The highest BCUT2D eigenvalue weighted by atomic mass is 16.2. The summed E-state index contributed by atoms with van der Waals surface area (Å²) in [5.74, 6) is 0.278. The van der Waals surface area contributed by atoms with Crippen molar-refractivity contribution in [2.75, 3.05) is 33.2 Å². The van der Waals surface area contributed by atoms with E-state index in [1.807, 2.05) is 35.0 Å². The third-order valence-corrected chi connectivity index (χ3v) is 3.81. The number of carbonyl (C=O) groups is 2. The molecule has 1 fully saturated rings. The van der Waals surface area contributed by atoms with Gasteiger partial charge in [-0.2, -0.15) is 0 Å². The highest BCUT2D eigenvalue weighted by Gasteiger charge is 2.19. The summed E-state index contributed by atoms with van der Waals surface area (Å²) in [6.07, 6.45) is 2.46. The average Bonchev–Trinajstić information content (AvgIpc) is 2.90. The molecule has 1 N–H and O–H groups in total. The minimum Gasteiger partial charge on any atom is -0.355 e. The maximum atomic E-state index is 11.9. The summed E-state index contributed by atoms with van der Waals surface area (Å²) in [7, 11) is 1.94. The van der Waals surface area contributed by atoms with E-state index in [4.69, 9.17) is 0 Å². The fourth-order valence-electron chi connectivity index (χ4n) is 2.69. The van der Waals surface area contributed by atoms with Crippen LogP contribution in [0, 0.1) is 0 Å². The topological polar surface area (TPSA) is 52.7 Å². The van der Waals surface area contributed by atoms with Crippen molar-refractivity contribution < 1.29 is 9.59 Å². The van der Waals surface area contributed by atoms with Crippen LogP contribution in [0.15, 0.2) is 30.3 Å². The van der Waals surface area contributed by atoms with E-state index >= 15 is 0 Å². The lowest BCUT2D eigenvalue weighted by Crippen LogP contribution is -2.36. The first kappa shape index (κ1) is 16.5. The zero-order chi connectivity index (χ0) is 15.8. The first-order chi connectivity index (χ1) is 10.6. The molecule has 0 radical (unpaired) electrons. The Morgan fingerprint density at radius 3 is 2.77 bits per heavy atom. The zero-order valence-corrected chi connectivity index (χ0v) is 13.3. The van der Waals surface area contributed by atoms with E-state index in [-0.39, 0.29) is 11.8 Å². The lowest BCUT2D eigenvalue weighted by Gasteiger charge is -2.17. The second kappa shape index (κ2) is 8.54. The van der Waals surface area contributed by atoms with Gasteiger partial charge in [0.15, 0.2) is 0 Å². The van der Waals surface area contributed by atoms with Crippen LogP contribution in [0.4, 0.5) is 0 Å². The van der Waals surface area contributed by atoms with Crippen LogP contribution in [0.5, 0.6) is 0 Å². The average molecular weight is 303 g/mol. The van der Waals surface area contributed by atoms with Gasteiger partial charge >= 0.3 is 0 Å². The molecular formula is C17H25N3O2. The number of amides is 2. The van der Waals surface area contributed by atoms with Gasteiger partial charge < -0.3 is 10.2 Å². The molecule has 0 saturated carbocycles. The number of nitrogens with zero attached hydrogens (tertiary/aromatic N) is 2. The molecule has 1 aromatic carbocycles. The highest BCUT2D eigenvalue weighted by Crippen LogP contribution is 2.09. The van der Waals surface area contributed by atoms with E-state index in [1.165, 1.54) is 5.56 Å². The van der Waals surface area contributed by atoms with E-state index in [1.54, 1.807) is 0 Å². The van der Waals surface area contributed by atoms with Crippen molar-refractivity contribution in [2.45, 2.75) is 25.8 Å². The van der Waals surface area contributed by atoms with Crippen LogP contribution in [-0.4, -0.2) is 54.8 Å². The summed E-state index contributed by atoms with van der Waals surface area (Å²) in [5, 5.41) is 2.92. The number of carbonyl (C=O) groups excluding carboxylic acids is 2. The molecule has 1 aliphatic heterocycles. The molecule has 22 heavy (non-hydrogen) atoms. The Bertz CT molecular complexity index is 490.